The van der Waals surface area contributed by atoms with Crippen molar-refractivity contribution in [2.45, 2.75) is 44.9 Å². The van der Waals surface area contributed by atoms with Gasteiger partial charge < -0.3 is 20.3 Å². The highest BCUT2D eigenvalue weighted by Gasteiger charge is 2.27. The van der Waals surface area contributed by atoms with Crippen LogP contribution in [0.5, 0.6) is 0 Å². The maximum absolute atomic E-state index is 12.2. The number of amides is 1. The van der Waals surface area contributed by atoms with E-state index in [1.807, 2.05) is 19.2 Å². The van der Waals surface area contributed by atoms with Crippen LogP contribution in [0, 0.1) is 0 Å². The molecule has 2 N–H and O–H groups in total. The van der Waals surface area contributed by atoms with Crippen LogP contribution in [-0.4, -0.2) is 49.3 Å². The zero-order chi connectivity index (χ0) is 16.1. The van der Waals surface area contributed by atoms with Gasteiger partial charge in [0.15, 0.2) is 0 Å². The number of pyridine rings is 1. The van der Waals surface area contributed by atoms with Crippen LogP contribution in [0.15, 0.2) is 18.3 Å². The van der Waals surface area contributed by atoms with Crippen molar-refractivity contribution in [1.82, 2.24) is 15.6 Å². The van der Waals surface area contributed by atoms with Crippen molar-refractivity contribution in [3.8, 4) is 0 Å². The quantitative estimate of drug-likeness (QED) is 0.821. The number of nitrogens with zero attached hydrogens (tertiary/aromatic N) is 2. The summed E-state index contributed by atoms with van der Waals surface area (Å²) in [6.45, 7) is 5.98. The molecule has 0 bridgehead atoms. The van der Waals surface area contributed by atoms with E-state index in [1.165, 1.54) is 19.3 Å². The number of hydrogen-bond acceptors (Lipinski definition) is 5. The summed E-state index contributed by atoms with van der Waals surface area (Å²) in [4.78, 5) is 19.1. The Morgan fingerprint density at radius 1 is 1.32 bits per heavy atom. The summed E-state index contributed by atoms with van der Waals surface area (Å²) >= 11 is 0. The number of nitrogens with one attached hydrogen (secondary N) is 2. The summed E-state index contributed by atoms with van der Waals surface area (Å²) in [5.41, 5.74) is 1.02. The topological polar surface area (TPSA) is 66.5 Å². The smallest absolute Gasteiger partial charge is 0.240 e. The van der Waals surface area contributed by atoms with Gasteiger partial charge in [0.2, 0.25) is 5.91 Å². The zero-order valence-corrected chi connectivity index (χ0v) is 16.2. The molecule has 1 amide bonds. The van der Waals surface area contributed by atoms with Crippen LogP contribution in [0.1, 0.15) is 31.7 Å². The van der Waals surface area contributed by atoms with Gasteiger partial charge in [-0.05, 0) is 37.8 Å². The average Bonchev–Trinajstić information content (AvgIpc) is 2.61. The average molecular weight is 391 g/mol. The Labute approximate surface area is 161 Å². The van der Waals surface area contributed by atoms with Crippen molar-refractivity contribution in [2.75, 3.05) is 31.1 Å². The summed E-state index contributed by atoms with van der Waals surface area (Å²) in [6, 6.07) is 3.83. The van der Waals surface area contributed by atoms with Gasteiger partial charge in [-0.2, -0.15) is 0 Å². The van der Waals surface area contributed by atoms with Crippen LogP contribution in [0.4, 0.5) is 5.82 Å². The number of halogens is 2. The van der Waals surface area contributed by atoms with E-state index in [0.717, 1.165) is 24.5 Å². The molecule has 2 atom stereocenters. The number of hydrogen-bond donors (Lipinski definition) is 2. The first-order chi connectivity index (χ1) is 11.2. The maximum atomic E-state index is 12.2. The predicted molar refractivity (Wildman–Crippen MR) is 104 cm³/mol. The summed E-state index contributed by atoms with van der Waals surface area (Å²) < 4.78 is 5.51. The Morgan fingerprint density at radius 2 is 2.08 bits per heavy atom. The van der Waals surface area contributed by atoms with Crippen LogP contribution in [0.2, 0.25) is 0 Å². The minimum Gasteiger partial charge on any atom is -0.375 e. The number of piperidine rings is 1. The highest BCUT2D eigenvalue weighted by molar-refractivity contribution is 5.85. The third-order valence-electron chi connectivity index (χ3n) is 4.55. The van der Waals surface area contributed by atoms with Crippen molar-refractivity contribution >= 4 is 36.5 Å². The van der Waals surface area contributed by atoms with E-state index in [2.05, 4.69) is 26.6 Å². The molecule has 8 heteroatoms. The van der Waals surface area contributed by atoms with Gasteiger partial charge in [0.25, 0.3) is 0 Å². The van der Waals surface area contributed by atoms with Gasteiger partial charge in [0, 0.05) is 32.4 Å². The second-order valence-corrected chi connectivity index (χ2v) is 6.30. The SMILES string of the molecule is C[C@H]1OCCN[C@@H]1C(=O)NCc1ccc(N2CCCCC2)nc1.Cl.Cl. The lowest BCUT2D eigenvalue weighted by Gasteiger charge is -2.29. The zero-order valence-electron chi connectivity index (χ0n) is 14.6. The van der Waals surface area contributed by atoms with Crippen molar-refractivity contribution < 1.29 is 9.53 Å². The van der Waals surface area contributed by atoms with Crippen LogP contribution in [0.25, 0.3) is 0 Å². The Balaban J connectivity index is 0.00000156. The number of anilines is 1. The fourth-order valence-electron chi connectivity index (χ4n) is 3.16. The molecule has 0 spiro atoms. The van der Waals surface area contributed by atoms with Crippen LogP contribution >= 0.6 is 24.8 Å². The first-order valence-corrected chi connectivity index (χ1v) is 8.56. The summed E-state index contributed by atoms with van der Waals surface area (Å²) in [6.07, 6.45) is 5.57. The highest BCUT2D eigenvalue weighted by atomic mass is 35.5. The molecule has 3 heterocycles. The van der Waals surface area contributed by atoms with Crippen molar-refractivity contribution in [2.24, 2.45) is 0 Å². The molecule has 0 saturated carbocycles. The van der Waals surface area contributed by atoms with Crippen LogP contribution < -0.4 is 15.5 Å². The molecule has 2 aliphatic rings. The number of carbonyl (C=O) groups excluding carboxylic acids is 1. The van der Waals surface area contributed by atoms with E-state index < -0.39 is 0 Å². The Hall–Kier alpha value is -1.08. The van der Waals surface area contributed by atoms with Gasteiger partial charge >= 0.3 is 0 Å². The van der Waals surface area contributed by atoms with Gasteiger partial charge in [-0.25, -0.2) is 4.98 Å². The van der Waals surface area contributed by atoms with Gasteiger partial charge in [-0.15, -0.1) is 24.8 Å². The summed E-state index contributed by atoms with van der Waals surface area (Å²) in [7, 11) is 0. The minimum absolute atomic E-state index is 0. The van der Waals surface area contributed by atoms with Crippen LogP contribution in [-0.2, 0) is 16.1 Å². The summed E-state index contributed by atoms with van der Waals surface area (Å²) in [5.74, 6) is 1.02. The highest BCUT2D eigenvalue weighted by Crippen LogP contribution is 2.17. The molecule has 0 unspecified atom stereocenters. The second kappa shape index (κ2) is 10.8. The molecule has 0 aliphatic carbocycles. The van der Waals surface area contributed by atoms with Gasteiger partial charge in [-0.3, -0.25) is 4.79 Å². The van der Waals surface area contributed by atoms with E-state index in [0.29, 0.717) is 19.7 Å². The lowest BCUT2D eigenvalue weighted by atomic mass is 10.1. The van der Waals surface area contributed by atoms with Crippen molar-refractivity contribution in [3.05, 3.63) is 23.9 Å². The third kappa shape index (κ3) is 5.99. The standard InChI is InChI=1S/C17H26N4O2.2ClH/c1-13-16(18-7-10-23-13)17(22)20-12-14-5-6-15(19-11-14)21-8-3-2-4-9-21;;/h5-6,11,13,16,18H,2-4,7-10,12H2,1H3,(H,20,22);2*1H/t13-,16+;;/m1../s1. The van der Waals surface area contributed by atoms with E-state index in [9.17, 15) is 4.79 Å². The predicted octanol–water partition coefficient (Wildman–Crippen LogP) is 1.91. The minimum atomic E-state index is -0.274. The summed E-state index contributed by atoms with van der Waals surface area (Å²) in [5, 5.41) is 6.16. The maximum Gasteiger partial charge on any atom is 0.240 e. The molecule has 2 saturated heterocycles. The third-order valence-corrected chi connectivity index (χ3v) is 4.55. The lowest BCUT2D eigenvalue weighted by Crippen LogP contribution is -2.55. The first-order valence-electron chi connectivity index (χ1n) is 8.56. The molecule has 6 nitrogen and oxygen atoms in total. The molecule has 0 radical (unpaired) electrons. The Morgan fingerprint density at radius 3 is 2.72 bits per heavy atom. The van der Waals surface area contributed by atoms with E-state index in [1.54, 1.807) is 0 Å². The number of morpholine rings is 1. The molecule has 142 valence electrons. The van der Waals surface area contributed by atoms with Crippen molar-refractivity contribution in [1.29, 1.82) is 0 Å². The Kier molecular flexibility index (Phi) is 9.50. The monoisotopic (exact) mass is 390 g/mol. The molecule has 2 fully saturated rings. The first kappa shape index (κ1) is 22.0. The number of ether oxygens (including phenoxy) is 1. The number of aromatic nitrogens is 1. The molecule has 1 aromatic rings. The van der Waals surface area contributed by atoms with Crippen LogP contribution in [0.3, 0.4) is 0 Å². The molecule has 0 aromatic carbocycles. The molecule has 3 rings (SSSR count). The second-order valence-electron chi connectivity index (χ2n) is 6.30. The molecular weight excluding hydrogens is 363 g/mol. The van der Waals surface area contributed by atoms with Gasteiger partial charge in [0.1, 0.15) is 11.9 Å². The Bertz CT molecular complexity index is 524. The fraction of sp³-hybridized carbons (Fsp3) is 0.647. The fourth-order valence-corrected chi connectivity index (χ4v) is 3.16. The van der Waals surface area contributed by atoms with E-state index >= 15 is 0 Å². The number of rotatable bonds is 4. The van der Waals surface area contributed by atoms with Gasteiger partial charge in [0.05, 0.1) is 12.7 Å². The molecule has 1 aromatic heterocycles. The molecule has 2 aliphatic heterocycles. The number of carbonyl (C=O) groups is 1. The normalized spacial score (nSPS) is 23.2. The largest absolute Gasteiger partial charge is 0.375 e. The van der Waals surface area contributed by atoms with Crippen molar-refractivity contribution in [3.63, 3.8) is 0 Å². The van der Waals surface area contributed by atoms with Gasteiger partial charge in [-0.1, -0.05) is 6.07 Å². The molecule has 25 heavy (non-hydrogen) atoms. The van der Waals surface area contributed by atoms with E-state index in [-0.39, 0.29) is 42.9 Å². The molecular formula is C17H28Cl2N4O2. The van der Waals surface area contributed by atoms with E-state index in [4.69, 9.17) is 4.74 Å². The lowest BCUT2D eigenvalue weighted by molar-refractivity contribution is -0.129.